The molecule has 0 spiro atoms. The van der Waals surface area contributed by atoms with E-state index in [1.807, 2.05) is 36.4 Å². The number of benzene rings is 1. The smallest absolute Gasteiger partial charge is 0.307 e. The maximum absolute atomic E-state index is 10.8. The minimum atomic E-state index is -0.805. The number of rotatable bonds is 7. The quantitative estimate of drug-likeness (QED) is 0.814. The third-order valence-corrected chi connectivity index (χ3v) is 3.19. The van der Waals surface area contributed by atoms with Crippen LogP contribution in [0.25, 0.3) is 0 Å². The van der Waals surface area contributed by atoms with E-state index in [1.54, 1.807) is 6.26 Å². The second-order valence-corrected chi connectivity index (χ2v) is 4.90. The molecular formula is C16H19NO3. The molecule has 0 aliphatic carbocycles. The van der Waals surface area contributed by atoms with Gasteiger partial charge in [-0.05, 0) is 30.2 Å². The van der Waals surface area contributed by atoms with Crippen molar-refractivity contribution in [2.75, 3.05) is 0 Å². The van der Waals surface area contributed by atoms with Gasteiger partial charge < -0.3 is 14.8 Å². The summed E-state index contributed by atoms with van der Waals surface area (Å²) in [6.45, 7) is 2.74. The van der Waals surface area contributed by atoms with Gasteiger partial charge in [-0.3, -0.25) is 4.79 Å². The molecule has 1 aromatic carbocycles. The zero-order valence-electron chi connectivity index (χ0n) is 11.5. The predicted octanol–water partition coefficient (Wildman–Crippen LogP) is 2.63. The largest absolute Gasteiger partial charge is 0.481 e. The van der Waals surface area contributed by atoms with Crippen LogP contribution in [0.5, 0.6) is 0 Å². The van der Waals surface area contributed by atoms with E-state index in [2.05, 4.69) is 12.2 Å². The molecule has 1 unspecified atom stereocenters. The summed E-state index contributed by atoms with van der Waals surface area (Å²) >= 11 is 0. The molecule has 2 aromatic rings. The Morgan fingerprint density at radius 1 is 1.25 bits per heavy atom. The summed E-state index contributed by atoms with van der Waals surface area (Å²) in [7, 11) is 0. The number of aliphatic carboxylic acids is 1. The van der Waals surface area contributed by atoms with Crippen molar-refractivity contribution >= 4 is 5.97 Å². The van der Waals surface area contributed by atoms with Crippen molar-refractivity contribution in [1.82, 2.24) is 5.32 Å². The van der Waals surface area contributed by atoms with Crippen LogP contribution in [0.2, 0.25) is 0 Å². The molecule has 0 aliphatic heterocycles. The summed E-state index contributed by atoms with van der Waals surface area (Å²) in [6, 6.07) is 11.7. The lowest BCUT2D eigenvalue weighted by atomic mass is 10.0. The topological polar surface area (TPSA) is 62.5 Å². The molecule has 106 valence electrons. The fourth-order valence-corrected chi connectivity index (χ4v) is 2.15. The van der Waals surface area contributed by atoms with Gasteiger partial charge in [0.25, 0.3) is 0 Å². The first-order valence-corrected chi connectivity index (χ1v) is 6.69. The zero-order valence-corrected chi connectivity index (χ0v) is 11.5. The lowest BCUT2D eigenvalue weighted by molar-refractivity contribution is -0.136. The van der Waals surface area contributed by atoms with Crippen LogP contribution >= 0.6 is 0 Å². The van der Waals surface area contributed by atoms with Gasteiger partial charge in [0.05, 0.1) is 12.7 Å². The molecule has 1 heterocycles. The van der Waals surface area contributed by atoms with Gasteiger partial charge in [-0.25, -0.2) is 0 Å². The van der Waals surface area contributed by atoms with Crippen molar-refractivity contribution in [3.63, 3.8) is 0 Å². The van der Waals surface area contributed by atoms with Crippen LogP contribution < -0.4 is 5.32 Å². The lowest BCUT2D eigenvalue weighted by Crippen LogP contribution is -2.28. The van der Waals surface area contributed by atoms with Crippen molar-refractivity contribution in [1.29, 1.82) is 0 Å². The van der Waals surface area contributed by atoms with Gasteiger partial charge in [-0.15, -0.1) is 0 Å². The SMILES string of the molecule is CC(Cc1ccco1)NCc1ccccc1CC(=O)O. The number of hydrogen-bond acceptors (Lipinski definition) is 3. The van der Waals surface area contributed by atoms with Gasteiger partial charge in [-0.1, -0.05) is 24.3 Å². The van der Waals surface area contributed by atoms with Crippen molar-refractivity contribution in [2.45, 2.75) is 32.4 Å². The minimum Gasteiger partial charge on any atom is -0.481 e. The number of carbonyl (C=O) groups is 1. The molecule has 2 N–H and O–H groups in total. The van der Waals surface area contributed by atoms with E-state index in [4.69, 9.17) is 9.52 Å². The number of carboxylic acids is 1. The molecule has 2 rings (SSSR count). The Morgan fingerprint density at radius 3 is 2.65 bits per heavy atom. The van der Waals surface area contributed by atoms with Crippen molar-refractivity contribution < 1.29 is 14.3 Å². The van der Waals surface area contributed by atoms with Crippen LogP contribution in [0.4, 0.5) is 0 Å². The first kappa shape index (κ1) is 14.3. The highest BCUT2D eigenvalue weighted by Crippen LogP contribution is 2.11. The highest BCUT2D eigenvalue weighted by molar-refractivity contribution is 5.70. The molecule has 1 aromatic heterocycles. The van der Waals surface area contributed by atoms with Crippen molar-refractivity contribution in [2.24, 2.45) is 0 Å². The molecule has 0 bridgehead atoms. The predicted molar refractivity (Wildman–Crippen MR) is 76.5 cm³/mol. The van der Waals surface area contributed by atoms with Gasteiger partial charge >= 0.3 is 5.97 Å². The Kier molecular flexibility index (Phi) is 4.96. The standard InChI is InChI=1S/C16H19NO3/c1-12(9-15-7-4-8-20-15)17-11-14-6-3-2-5-13(14)10-16(18)19/h2-8,12,17H,9-11H2,1H3,(H,18,19). The maximum Gasteiger partial charge on any atom is 0.307 e. The average Bonchev–Trinajstić information content (AvgIpc) is 2.90. The number of furan rings is 1. The molecule has 4 nitrogen and oxygen atoms in total. The lowest BCUT2D eigenvalue weighted by Gasteiger charge is -2.14. The van der Waals surface area contributed by atoms with Gasteiger partial charge in [0, 0.05) is 19.0 Å². The molecular weight excluding hydrogens is 254 g/mol. The van der Waals surface area contributed by atoms with Crippen LogP contribution in [0.3, 0.4) is 0 Å². The summed E-state index contributed by atoms with van der Waals surface area (Å²) in [4.78, 5) is 10.8. The first-order valence-electron chi connectivity index (χ1n) is 6.69. The van der Waals surface area contributed by atoms with E-state index < -0.39 is 5.97 Å². The first-order chi connectivity index (χ1) is 9.65. The summed E-state index contributed by atoms with van der Waals surface area (Å²) in [5.74, 6) is 0.143. The Hall–Kier alpha value is -2.07. The van der Waals surface area contributed by atoms with E-state index in [9.17, 15) is 4.79 Å². The van der Waals surface area contributed by atoms with Crippen molar-refractivity contribution in [3.05, 3.63) is 59.5 Å². The fraction of sp³-hybridized carbons (Fsp3) is 0.312. The van der Waals surface area contributed by atoms with Gasteiger partial charge in [-0.2, -0.15) is 0 Å². The Bertz CT molecular complexity index is 549. The summed E-state index contributed by atoms with van der Waals surface area (Å²) in [5.41, 5.74) is 1.89. The summed E-state index contributed by atoms with van der Waals surface area (Å²) in [5, 5.41) is 12.3. The van der Waals surface area contributed by atoms with E-state index in [0.29, 0.717) is 6.54 Å². The molecule has 0 saturated carbocycles. The molecule has 0 fully saturated rings. The Labute approximate surface area is 118 Å². The molecule has 0 saturated heterocycles. The van der Waals surface area contributed by atoms with Crippen LogP contribution in [0.1, 0.15) is 23.8 Å². The van der Waals surface area contributed by atoms with E-state index in [0.717, 1.165) is 23.3 Å². The van der Waals surface area contributed by atoms with E-state index in [1.165, 1.54) is 0 Å². The van der Waals surface area contributed by atoms with Crippen molar-refractivity contribution in [3.8, 4) is 0 Å². The van der Waals surface area contributed by atoms with Crippen LogP contribution in [0, 0.1) is 0 Å². The van der Waals surface area contributed by atoms with Gasteiger partial charge in [0.2, 0.25) is 0 Å². The second-order valence-electron chi connectivity index (χ2n) is 4.90. The molecule has 0 aliphatic rings. The molecule has 4 heteroatoms. The van der Waals surface area contributed by atoms with E-state index >= 15 is 0 Å². The maximum atomic E-state index is 10.8. The van der Waals surface area contributed by atoms with Crippen LogP contribution in [0.15, 0.2) is 47.1 Å². The highest BCUT2D eigenvalue weighted by Gasteiger charge is 2.09. The number of nitrogens with one attached hydrogen (secondary N) is 1. The third kappa shape index (κ3) is 4.24. The van der Waals surface area contributed by atoms with Crippen LogP contribution in [-0.2, 0) is 24.2 Å². The highest BCUT2D eigenvalue weighted by atomic mass is 16.4. The van der Waals surface area contributed by atoms with E-state index in [-0.39, 0.29) is 12.5 Å². The minimum absolute atomic E-state index is 0.0599. The Balaban J connectivity index is 1.91. The van der Waals surface area contributed by atoms with Gasteiger partial charge in [0.1, 0.15) is 5.76 Å². The second kappa shape index (κ2) is 6.91. The fourth-order valence-electron chi connectivity index (χ4n) is 2.15. The molecule has 1 atom stereocenters. The molecule has 0 radical (unpaired) electrons. The van der Waals surface area contributed by atoms with Crippen LogP contribution in [-0.4, -0.2) is 17.1 Å². The Morgan fingerprint density at radius 2 is 2.00 bits per heavy atom. The normalized spacial score (nSPS) is 12.2. The third-order valence-electron chi connectivity index (χ3n) is 3.19. The zero-order chi connectivity index (χ0) is 14.4. The molecule has 20 heavy (non-hydrogen) atoms. The van der Waals surface area contributed by atoms with Gasteiger partial charge in [0.15, 0.2) is 0 Å². The monoisotopic (exact) mass is 273 g/mol. The number of carboxylic acid groups (broad SMARTS) is 1. The number of hydrogen-bond donors (Lipinski definition) is 2. The molecule has 0 amide bonds. The summed E-state index contributed by atoms with van der Waals surface area (Å²) in [6.07, 6.45) is 2.54. The average molecular weight is 273 g/mol. The summed E-state index contributed by atoms with van der Waals surface area (Å²) < 4.78 is 5.31.